The van der Waals surface area contributed by atoms with Crippen molar-refractivity contribution in [1.29, 1.82) is 0 Å². The summed E-state index contributed by atoms with van der Waals surface area (Å²) in [5, 5.41) is 0.185. The lowest BCUT2D eigenvalue weighted by Gasteiger charge is -2.11. The summed E-state index contributed by atoms with van der Waals surface area (Å²) in [4.78, 5) is 5.99. The van der Waals surface area contributed by atoms with E-state index in [-0.39, 0.29) is 5.35 Å². The highest BCUT2D eigenvalue weighted by Gasteiger charge is 2.08. The quantitative estimate of drug-likeness (QED) is 0.702. The van der Waals surface area contributed by atoms with Gasteiger partial charge in [0.15, 0.2) is 5.58 Å². The van der Waals surface area contributed by atoms with Gasteiger partial charge in [0.1, 0.15) is 5.52 Å². The standard InChI is InChI=1S/C9H9ClN2O/c1-12(2)7-5-3-4-6-8(7)13-9(10)11-6/h3-5H,1-2H3. The molecule has 0 saturated heterocycles. The molecule has 1 aromatic carbocycles. The Hall–Kier alpha value is -1.22. The minimum atomic E-state index is 0.185. The lowest BCUT2D eigenvalue weighted by Crippen LogP contribution is -2.08. The number of halogens is 1. The molecule has 0 aliphatic carbocycles. The van der Waals surface area contributed by atoms with Crippen LogP contribution in [0.4, 0.5) is 5.69 Å². The third kappa shape index (κ3) is 1.35. The smallest absolute Gasteiger partial charge is 0.293 e. The van der Waals surface area contributed by atoms with Gasteiger partial charge in [-0.25, -0.2) is 0 Å². The van der Waals surface area contributed by atoms with Crippen molar-refractivity contribution in [3.63, 3.8) is 0 Å². The molecule has 0 amide bonds. The number of rotatable bonds is 1. The Morgan fingerprint density at radius 2 is 2.15 bits per heavy atom. The molecule has 0 spiro atoms. The van der Waals surface area contributed by atoms with Gasteiger partial charge < -0.3 is 9.32 Å². The first-order valence-electron chi connectivity index (χ1n) is 3.91. The summed E-state index contributed by atoms with van der Waals surface area (Å²) in [5.41, 5.74) is 2.51. The van der Waals surface area contributed by atoms with Crippen molar-refractivity contribution in [3.8, 4) is 0 Å². The second-order valence-corrected chi connectivity index (χ2v) is 3.31. The van der Waals surface area contributed by atoms with Gasteiger partial charge in [-0.15, -0.1) is 0 Å². The number of hydrogen-bond acceptors (Lipinski definition) is 3. The zero-order valence-corrected chi connectivity index (χ0v) is 8.17. The Morgan fingerprint density at radius 3 is 2.85 bits per heavy atom. The first-order chi connectivity index (χ1) is 6.18. The molecule has 0 aliphatic rings. The van der Waals surface area contributed by atoms with E-state index in [1.807, 2.05) is 37.2 Å². The Morgan fingerprint density at radius 1 is 1.38 bits per heavy atom. The van der Waals surface area contributed by atoms with E-state index in [1.165, 1.54) is 0 Å². The van der Waals surface area contributed by atoms with Crippen LogP contribution in [-0.4, -0.2) is 19.1 Å². The van der Waals surface area contributed by atoms with E-state index in [4.69, 9.17) is 16.0 Å². The molecule has 2 aromatic rings. The maximum absolute atomic E-state index is 5.66. The summed E-state index contributed by atoms with van der Waals surface area (Å²) in [6.45, 7) is 0. The molecule has 0 aliphatic heterocycles. The molecule has 0 saturated carbocycles. The van der Waals surface area contributed by atoms with Gasteiger partial charge in [0.05, 0.1) is 5.69 Å². The van der Waals surface area contributed by atoms with Crippen LogP contribution in [0.15, 0.2) is 22.6 Å². The number of aromatic nitrogens is 1. The van der Waals surface area contributed by atoms with E-state index in [2.05, 4.69) is 4.98 Å². The average Bonchev–Trinajstić information content (AvgIpc) is 2.43. The molecular formula is C9H9ClN2O. The predicted octanol–water partition coefficient (Wildman–Crippen LogP) is 2.55. The second-order valence-electron chi connectivity index (χ2n) is 2.99. The van der Waals surface area contributed by atoms with Crippen molar-refractivity contribution in [2.45, 2.75) is 0 Å². The number of hydrogen-bond donors (Lipinski definition) is 0. The summed E-state index contributed by atoms with van der Waals surface area (Å²) in [5.74, 6) is 0. The van der Waals surface area contributed by atoms with Crippen molar-refractivity contribution in [2.24, 2.45) is 0 Å². The van der Waals surface area contributed by atoms with E-state index in [0.29, 0.717) is 0 Å². The minimum Gasteiger partial charge on any atom is -0.425 e. The van der Waals surface area contributed by atoms with Gasteiger partial charge in [0, 0.05) is 14.1 Å². The average molecular weight is 197 g/mol. The lowest BCUT2D eigenvalue weighted by atomic mass is 10.2. The van der Waals surface area contributed by atoms with Gasteiger partial charge in [-0.05, 0) is 23.7 Å². The van der Waals surface area contributed by atoms with E-state index >= 15 is 0 Å². The molecule has 0 fully saturated rings. The first kappa shape index (κ1) is 8.38. The zero-order valence-electron chi connectivity index (χ0n) is 7.41. The molecule has 1 heterocycles. The predicted molar refractivity (Wildman–Crippen MR) is 53.3 cm³/mol. The molecule has 3 nitrogen and oxygen atoms in total. The van der Waals surface area contributed by atoms with Crippen molar-refractivity contribution in [1.82, 2.24) is 4.98 Å². The second kappa shape index (κ2) is 2.92. The zero-order chi connectivity index (χ0) is 9.42. The summed E-state index contributed by atoms with van der Waals surface area (Å²) in [7, 11) is 3.90. The van der Waals surface area contributed by atoms with Gasteiger partial charge in [-0.1, -0.05) is 6.07 Å². The van der Waals surface area contributed by atoms with Gasteiger partial charge in [0.25, 0.3) is 5.35 Å². The van der Waals surface area contributed by atoms with E-state index in [1.54, 1.807) is 0 Å². The monoisotopic (exact) mass is 196 g/mol. The van der Waals surface area contributed by atoms with Gasteiger partial charge in [-0.2, -0.15) is 4.98 Å². The van der Waals surface area contributed by atoms with Crippen LogP contribution in [0, 0.1) is 0 Å². The highest BCUT2D eigenvalue weighted by atomic mass is 35.5. The van der Waals surface area contributed by atoms with Crippen LogP contribution in [0.3, 0.4) is 0 Å². The largest absolute Gasteiger partial charge is 0.425 e. The van der Waals surface area contributed by atoms with E-state index in [0.717, 1.165) is 16.8 Å². The van der Waals surface area contributed by atoms with Crippen LogP contribution in [0.2, 0.25) is 5.35 Å². The third-order valence-electron chi connectivity index (χ3n) is 1.85. The summed E-state index contributed by atoms with van der Waals surface area (Å²) in [6.07, 6.45) is 0. The highest BCUT2D eigenvalue weighted by Crippen LogP contribution is 2.27. The molecule has 0 radical (unpaired) electrons. The third-order valence-corrected chi connectivity index (χ3v) is 2.01. The van der Waals surface area contributed by atoms with Crippen molar-refractivity contribution in [2.75, 3.05) is 19.0 Å². The molecule has 0 atom stereocenters. The molecule has 0 N–H and O–H groups in total. The van der Waals surface area contributed by atoms with Crippen LogP contribution < -0.4 is 4.90 Å². The van der Waals surface area contributed by atoms with E-state index in [9.17, 15) is 0 Å². The number of para-hydroxylation sites is 1. The fourth-order valence-electron chi connectivity index (χ4n) is 1.26. The SMILES string of the molecule is CN(C)c1cccc2nc(Cl)oc12. The van der Waals surface area contributed by atoms with Crippen LogP contribution in [-0.2, 0) is 0 Å². The number of fused-ring (bicyclic) bond motifs is 1. The van der Waals surface area contributed by atoms with Crippen molar-refractivity contribution < 1.29 is 4.42 Å². The Kier molecular flexibility index (Phi) is 1.88. The van der Waals surface area contributed by atoms with E-state index < -0.39 is 0 Å². The van der Waals surface area contributed by atoms with Crippen LogP contribution in [0.25, 0.3) is 11.1 Å². The summed E-state index contributed by atoms with van der Waals surface area (Å²) >= 11 is 5.66. The Labute approximate surface area is 80.9 Å². The summed E-state index contributed by atoms with van der Waals surface area (Å²) < 4.78 is 5.27. The fraction of sp³-hybridized carbons (Fsp3) is 0.222. The normalized spacial score (nSPS) is 10.7. The summed E-state index contributed by atoms with van der Waals surface area (Å²) in [6, 6.07) is 5.76. The fourth-order valence-corrected chi connectivity index (χ4v) is 1.43. The van der Waals surface area contributed by atoms with Crippen molar-refractivity contribution in [3.05, 3.63) is 23.5 Å². The first-order valence-corrected chi connectivity index (χ1v) is 4.28. The van der Waals surface area contributed by atoms with Gasteiger partial charge >= 0.3 is 0 Å². The topological polar surface area (TPSA) is 29.3 Å². The highest BCUT2D eigenvalue weighted by molar-refractivity contribution is 6.28. The lowest BCUT2D eigenvalue weighted by molar-refractivity contribution is 0.604. The maximum atomic E-state index is 5.66. The minimum absolute atomic E-state index is 0.185. The number of benzene rings is 1. The van der Waals surface area contributed by atoms with Crippen molar-refractivity contribution >= 4 is 28.4 Å². The van der Waals surface area contributed by atoms with Gasteiger partial charge in [0.2, 0.25) is 0 Å². The number of nitrogens with zero attached hydrogens (tertiary/aromatic N) is 2. The molecule has 4 heteroatoms. The Bertz CT molecular complexity index is 436. The van der Waals surface area contributed by atoms with Crippen LogP contribution >= 0.6 is 11.6 Å². The van der Waals surface area contributed by atoms with Crippen LogP contribution in [0.1, 0.15) is 0 Å². The van der Waals surface area contributed by atoms with Gasteiger partial charge in [-0.3, -0.25) is 0 Å². The molecule has 0 bridgehead atoms. The molecule has 2 rings (SSSR count). The molecule has 0 unspecified atom stereocenters. The molecule has 1 aromatic heterocycles. The molecule has 13 heavy (non-hydrogen) atoms. The molecular weight excluding hydrogens is 188 g/mol. The maximum Gasteiger partial charge on any atom is 0.293 e. The Balaban J connectivity index is 2.75. The van der Waals surface area contributed by atoms with Crippen LogP contribution in [0.5, 0.6) is 0 Å². The number of anilines is 1. The molecule has 68 valence electrons. The number of oxazole rings is 1.